The number of alkyl halides is 2. The van der Waals surface area contributed by atoms with Crippen molar-refractivity contribution in [2.75, 3.05) is 12.9 Å². The first-order valence-electron chi connectivity index (χ1n) is 7.13. The van der Waals surface area contributed by atoms with Gasteiger partial charge in [0.1, 0.15) is 5.82 Å². The Morgan fingerprint density at radius 2 is 1.92 bits per heavy atom. The van der Waals surface area contributed by atoms with Crippen LogP contribution in [0, 0.1) is 5.82 Å². The Morgan fingerprint density at radius 3 is 2.38 bits per heavy atom. The van der Waals surface area contributed by atoms with Gasteiger partial charge in [0.2, 0.25) is 6.43 Å². The third-order valence-electron chi connectivity index (χ3n) is 3.64. The second-order valence-corrected chi connectivity index (χ2v) is 9.56. The maximum absolute atomic E-state index is 14.3. The summed E-state index contributed by atoms with van der Waals surface area (Å²) in [4.78, 5) is 11.7. The highest BCUT2D eigenvalue weighted by Crippen LogP contribution is 2.40. The topological polar surface area (TPSA) is 43.4 Å². The number of halogens is 4. The molecule has 0 saturated heterocycles. The van der Waals surface area contributed by atoms with E-state index in [9.17, 15) is 22.2 Å². The first kappa shape index (κ1) is 21.2. The Bertz CT molecular complexity index is 631. The molecule has 0 bridgehead atoms. The zero-order valence-electron chi connectivity index (χ0n) is 13.9. The van der Waals surface area contributed by atoms with Crippen LogP contribution in [0.2, 0.25) is 0 Å². The van der Waals surface area contributed by atoms with Gasteiger partial charge >= 0.3 is 5.97 Å². The minimum absolute atomic E-state index is 0.352. The average molecular weight is 429 g/mol. The van der Waals surface area contributed by atoms with Gasteiger partial charge in [0.15, 0.2) is 0 Å². The molecule has 1 aromatic rings. The van der Waals surface area contributed by atoms with Gasteiger partial charge in [-0.3, -0.25) is 9.00 Å². The van der Waals surface area contributed by atoms with Crippen molar-refractivity contribution in [3.63, 3.8) is 0 Å². The predicted octanol–water partition coefficient (Wildman–Crippen LogP) is 4.20. The monoisotopic (exact) mass is 428 g/mol. The minimum atomic E-state index is -3.10. The molecular weight excluding hydrogens is 409 g/mol. The Kier molecular flexibility index (Phi) is 7.04. The second kappa shape index (κ2) is 7.99. The fourth-order valence-corrected chi connectivity index (χ4v) is 3.79. The number of ether oxygens (including phenoxy) is 1. The van der Waals surface area contributed by atoms with E-state index in [0.29, 0.717) is 4.47 Å². The number of methoxy groups -OCH3 is 1. The van der Waals surface area contributed by atoms with Crippen LogP contribution in [0.4, 0.5) is 13.2 Å². The number of benzene rings is 1. The zero-order chi connectivity index (χ0) is 18.7. The number of carbonyl (C=O) groups is 1. The van der Waals surface area contributed by atoms with Crippen LogP contribution >= 0.6 is 15.9 Å². The summed E-state index contributed by atoms with van der Waals surface area (Å²) in [7, 11) is -0.665. The van der Waals surface area contributed by atoms with Gasteiger partial charge in [0.05, 0.1) is 18.9 Å². The highest BCUT2D eigenvalue weighted by atomic mass is 79.9. The molecule has 2 atom stereocenters. The van der Waals surface area contributed by atoms with Crippen molar-refractivity contribution in [1.82, 2.24) is 0 Å². The zero-order valence-corrected chi connectivity index (χ0v) is 16.3. The van der Waals surface area contributed by atoms with Crippen LogP contribution in [0.3, 0.4) is 0 Å². The smallest absolute Gasteiger partial charge is 0.306 e. The van der Waals surface area contributed by atoms with Crippen molar-refractivity contribution in [2.45, 2.75) is 43.8 Å². The first-order chi connectivity index (χ1) is 10.9. The Hall–Kier alpha value is -0.890. The highest BCUT2D eigenvalue weighted by Gasteiger charge is 2.48. The van der Waals surface area contributed by atoms with Gasteiger partial charge in [-0.25, -0.2) is 13.2 Å². The van der Waals surface area contributed by atoms with E-state index in [0.717, 1.165) is 13.2 Å². The third kappa shape index (κ3) is 4.81. The van der Waals surface area contributed by atoms with Gasteiger partial charge < -0.3 is 4.74 Å². The minimum Gasteiger partial charge on any atom is -0.469 e. The van der Waals surface area contributed by atoms with Gasteiger partial charge in [-0.15, -0.1) is 0 Å². The van der Waals surface area contributed by atoms with Gasteiger partial charge in [-0.1, -0.05) is 15.9 Å². The maximum atomic E-state index is 14.3. The van der Waals surface area contributed by atoms with Crippen LogP contribution in [0.25, 0.3) is 0 Å². The van der Waals surface area contributed by atoms with E-state index < -0.39 is 51.3 Å². The highest BCUT2D eigenvalue weighted by molar-refractivity contribution is 9.10. The SMILES string of the molecule is COC(=O)C[C@](C[S@@](=O)C(C)(C)C)(c1cc(Br)ccc1F)C(F)F. The van der Waals surface area contributed by atoms with E-state index in [1.807, 2.05) is 0 Å². The summed E-state index contributed by atoms with van der Waals surface area (Å²) >= 11 is 3.12. The summed E-state index contributed by atoms with van der Waals surface area (Å²) in [6.07, 6.45) is -3.87. The Morgan fingerprint density at radius 1 is 1.33 bits per heavy atom. The molecule has 0 heterocycles. The van der Waals surface area contributed by atoms with Crippen LogP contribution in [-0.2, 0) is 25.7 Å². The van der Waals surface area contributed by atoms with E-state index in [2.05, 4.69) is 20.7 Å². The number of carbonyl (C=O) groups excluding carboxylic acids is 1. The van der Waals surface area contributed by atoms with E-state index in [-0.39, 0.29) is 5.56 Å². The molecule has 0 saturated carbocycles. The van der Waals surface area contributed by atoms with Crippen molar-refractivity contribution in [3.8, 4) is 0 Å². The normalized spacial score (nSPS) is 15.9. The molecule has 136 valence electrons. The van der Waals surface area contributed by atoms with Crippen molar-refractivity contribution in [1.29, 1.82) is 0 Å². The summed E-state index contributed by atoms with van der Waals surface area (Å²) in [6, 6.07) is 3.60. The Labute approximate surface area is 150 Å². The quantitative estimate of drug-likeness (QED) is 0.637. The fourth-order valence-electron chi connectivity index (χ4n) is 2.14. The van der Waals surface area contributed by atoms with Crippen LogP contribution in [-0.4, -0.2) is 34.2 Å². The molecule has 1 rings (SSSR count). The molecule has 24 heavy (non-hydrogen) atoms. The molecule has 0 radical (unpaired) electrons. The number of rotatable bonds is 6. The summed E-state index contributed by atoms with van der Waals surface area (Å²) in [6.45, 7) is 4.90. The van der Waals surface area contributed by atoms with Gasteiger partial charge in [-0.05, 0) is 39.0 Å². The van der Waals surface area contributed by atoms with E-state index in [1.54, 1.807) is 20.8 Å². The predicted molar refractivity (Wildman–Crippen MR) is 91.2 cm³/mol. The molecular formula is C16H20BrF3O3S. The summed E-state index contributed by atoms with van der Waals surface area (Å²) in [5.41, 5.74) is -2.59. The molecule has 8 heteroatoms. The lowest BCUT2D eigenvalue weighted by molar-refractivity contribution is -0.143. The average Bonchev–Trinajstić information content (AvgIpc) is 2.47. The lowest BCUT2D eigenvalue weighted by atomic mass is 9.79. The van der Waals surface area contributed by atoms with Gasteiger partial charge in [0.25, 0.3) is 0 Å². The molecule has 1 aromatic carbocycles. The van der Waals surface area contributed by atoms with Crippen molar-refractivity contribution >= 4 is 32.7 Å². The van der Waals surface area contributed by atoms with Crippen molar-refractivity contribution in [2.24, 2.45) is 0 Å². The standard InChI is InChI=1S/C16H20BrF3O3S/c1-15(2,3)24(22)9-16(14(19)20,8-13(21)23-4)11-7-10(17)5-6-12(11)18/h5-7,14H,8-9H2,1-4H3/t16-,24+/m0/s1. The molecule has 0 aliphatic carbocycles. The molecule has 0 fully saturated rings. The van der Waals surface area contributed by atoms with Crippen LogP contribution in [0.15, 0.2) is 22.7 Å². The number of esters is 1. The van der Waals surface area contributed by atoms with Crippen LogP contribution in [0.1, 0.15) is 32.8 Å². The third-order valence-corrected chi connectivity index (χ3v) is 6.28. The molecule has 0 unspecified atom stereocenters. The molecule has 0 aliphatic rings. The summed E-state index contributed by atoms with van der Waals surface area (Å²) in [5.74, 6) is -2.36. The summed E-state index contributed by atoms with van der Waals surface area (Å²) < 4.78 is 59.1. The fraction of sp³-hybridized carbons (Fsp3) is 0.562. The van der Waals surface area contributed by atoms with E-state index in [4.69, 9.17) is 0 Å². The first-order valence-corrected chi connectivity index (χ1v) is 9.24. The lowest BCUT2D eigenvalue weighted by Gasteiger charge is -2.34. The Balaban J connectivity index is 3.55. The van der Waals surface area contributed by atoms with Crippen molar-refractivity contribution in [3.05, 3.63) is 34.1 Å². The molecule has 0 amide bonds. The lowest BCUT2D eigenvalue weighted by Crippen LogP contribution is -2.45. The maximum Gasteiger partial charge on any atom is 0.306 e. The van der Waals surface area contributed by atoms with Crippen molar-refractivity contribution < 1.29 is 26.9 Å². The molecule has 0 N–H and O–H groups in total. The largest absolute Gasteiger partial charge is 0.469 e. The number of hydrogen-bond donors (Lipinski definition) is 0. The van der Waals surface area contributed by atoms with Crippen LogP contribution < -0.4 is 0 Å². The molecule has 0 aliphatic heterocycles. The summed E-state index contributed by atoms with van der Waals surface area (Å²) in [5, 5.41) is 0. The molecule has 0 spiro atoms. The van der Waals surface area contributed by atoms with E-state index in [1.165, 1.54) is 12.1 Å². The van der Waals surface area contributed by atoms with Gasteiger partial charge in [-0.2, -0.15) is 0 Å². The van der Waals surface area contributed by atoms with E-state index >= 15 is 0 Å². The molecule has 0 aromatic heterocycles. The second-order valence-electron chi connectivity index (χ2n) is 6.44. The number of hydrogen-bond acceptors (Lipinski definition) is 3. The van der Waals surface area contributed by atoms with Gasteiger partial charge in [0, 0.05) is 31.3 Å². The molecule has 3 nitrogen and oxygen atoms in total. The van der Waals surface area contributed by atoms with Crippen LogP contribution in [0.5, 0.6) is 0 Å².